The van der Waals surface area contributed by atoms with Gasteiger partial charge in [0, 0.05) is 10.1 Å². The molecule has 1 aromatic heterocycles. The third-order valence-corrected chi connectivity index (χ3v) is 7.10. The van der Waals surface area contributed by atoms with Crippen molar-refractivity contribution >= 4 is 54.5 Å². The molecule has 0 aliphatic heterocycles. The molecule has 2 N–H and O–H groups in total. The summed E-state index contributed by atoms with van der Waals surface area (Å²) in [6, 6.07) is 11.1. The molecule has 3 aromatic rings. The lowest BCUT2D eigenvalue weighted by Gasteiger charge is -2.09. The molecule has 0 atom stereocenters. The molecule has 130 valence electrons. The van der Waals surface area contributed by atoms with Gasteiger partial charge >= 0.3 is 0 Å². The molecule has 1 heterocycles. The van der Waals surface area contributed by atoms with Crippen molar-refractivity contribution in [3.05, 3.63) is 52.4 Å². The van der Waals surface area contributed by atoms with Crippen LogP contribution in [0.2, 0.25) is 5.02 Å². The van der Waals surface area contributed by atoms with E-state index in [4.69, 9.17) is 11.6 Å². The van der Waals surface area contributed by atoms with Crippen LogP contribution < -0.4 is 5.32 Å². The minimum Gasteiger partial charge on any atom is -0.506 e. The number of halogens is 1. The highest BCUT2D eigenvalue weighted by molar-refractivity contribution is 7.91. The van der Waals surface area contributed by atoms with Crippen molar-refractivity contribution in [1.29, 1.82) is 0 Å². The Kier molecular flexibility index (Phi) is 4.73. The van der Waals surface area contributed by atoms with Gasteiger partial charge in [-0.25, -0.2) is 8.42 Å². The Labute approximate surface area is 153 Å². The molecule has 5 nitrogen and oxygen atoms in total. The summed E-state index contributed by atoms with van der Waals surface area (Å²) in [6.45, 7) is 1.53. The van der Waals surface area contributed by atoms with Crippen LogP contribution in [0, 0.1) is 0 Å². The van der Waals surface area contributed by atoms with Crippen LogP contribution in [0.3, 0.4) is 0 Å². The number of fused-ring (bicyclic) bond motifs is 1. The topological polar surface area (TPSA) is 83.5 Å². The molecule has 8 heteroatoms. The van der Waals surface area contributed by atoms with E-state index in [-0.39, 0.29) is 22.1 Å². The Morgan fingerprint density at radius 3 is 2.64 bits per heavy atom. The van der Waals surface area contributed by atoms with E-state index < -0.39 is 15.7 Å². The van der Waals surface area contributed by atoms with Gasteiger partial charge in [0.15, 0.2) is 9.84 Å². The predicted molar refractivity (Wildman–Crippen MR) is 101 cm³/mol. The predicted octanol–water partition coefficient (Wildman–Crippen LogP) is 4.31. The zero-order chi connectivity index (χ0) is 18.2. The number of anilines is 1. The van der Waals surface area contributed by atoms with Crippen LogP contribution in [0.25, 0.3) is 10.1 Å². The van der Waals surface area contributed by atoms with E-state index in [0.717, 1.165) is 10.1 Å². The molecule has 0 spiro atoms. The fourth-order valence-corrected chi connectivity index (χ4v) is 4.63. The number of nitrogens with one attached hydrogen (secondary N) is 1. The van der Waals surface area contributed by atoms with Crippen LogP contribution in [-0.2, 0) is 9.84 Å². The first kappa shape index (κ1) is 17.7. The summed E-state index contributed by atoms with van der Waals surface area (Å²) >= 11 is 7.50. The van der Waals surface area contributed by atoms with Crippen molar-refractivity contribution in [1.82, 2.24) is 0 Å². The fraction of sp³-hybridized carbons (Fsp3) is 0.118. The van der Waals surface area contributed by atoms with Crippen LogP contribution in [-0.4, -0.2) is 25.2 Å². The van der Waals surface area contributed by atoms with Crippen LogP contribution in [0.1, 0.15) is 16.6 Å². The number of carbonyl (C=O) groups excluding carboxylic acids is 1. The smallest absolute Gasteiger partial charge is 0.267 e. The Hall–Kier alpha value is -2.09. The van der Waals surface area contributed by atoms with Crippen molar-refractivity contribution in [3.8, 4) is 5.75 Å². The number of aromatic hydroxyl groups is 1. The molecule has 0 saturated heterocycles. The van der Waals surface area contributed by atoms with Gasteiger partial charge < -0.3 is 10.4 Å². The molecular formula is C17H14ClNO4S2. The van der Waals surface area contributed by atoms with Gasteiger partial charge in [-0.2, -0.15) is 0 Å². The molecule has 0 saturated carbocycles. The van der Waals surface area contributed by atoms with E-state index in [1.54, 1.807) is 0 Å². The third-order valence-electron chi connectivity index (χ3n) is 3.70. The lowest BCUT2D eigenvalue weighted by molar-refractivity contribution is 0.103. The summed E-state index contributed by atoms with van der Waals surface area (Å²) in [5.74, 6) is -0.805. The highest BCUT2D eigenvalue weighted by atomic mass is 35.5. The van der Waals surface area contributed by atoms with Gasteiger partial charge in [0.2, 0.25) is 0 Å². The van der Waals surface area contributed by atoms with E-state index in [1.807, 2.05) is 24.3 Å². The standard InChI is InChI=1S/C17H14ClNO4S2/c1-2-25(22,23)10-7-8-13(20)12(9-10)19-17(21)16-15(18)11-5-3-4-6-14(11)24-16/h3-9,20H,2H2,1H3,(H,19,21). The van der Waals surface area contributed by atoms with Crippen molar-refractivity contribution < 1.29 is 18.3 Å². The van der Waals surface area contributed by atoms with Crippen LogP contribution in [0.15, 0.2) is 47.4 Å². The second-order valence-corrected chi connectivity index (χ2v) is 8.99. The minimum atomic E-state index is -3.45. The molecule has 2 aromatic carbocycles. The lowest BCUT2D eigenvalue weighted by atomic mass is 10.2. The Balaban J connectivity index is 1.97. The molecule has 0 aliphatic rings. The summed E-state index contributed by atoms with van der Waals surface area (Å²) in [6.07, 6.45) is 0. The molecule has 0 bridgehead atoms. The fourth-order valence-electron chi connectivity index (χ4n) is 2.31. The zero-order valence-corrected chi connectivity index (χ0v) is 15.5. The number of benzene rings is 2. The largest absolute Gasteiger partial charge is 0.506 e. The number of carbonyl (C=O) groups is 1. The molecular weight excluding hydrogens is 382 g/mol. The second-order valence-electron chi connectivity index (χ2n) is 5.28. The second kappa shape index (κ2) is 6.67. The quantitative estimate of drug-likeness (QED) is 0.645. The van der Waals surface area contributed by atoms with Crippen molar-refractivity contribution in [2.75, 3.05) is 11.1 Å². The minimum absolute atomic E-state index is 0.0213. The van der Waals surface area contributed by atoms with Crippen molar-refractivity contribution in [2.24, 2.45) is 0 Å². The van der Waals surface area contributed by atoms with Gasteiger partial charge in [-0.15, -0.1) is 11.3 Å². The monoisotopic (exact) mass is 395 g/mol. The number of rotatable bonds is 4. The van der Waals surface area contributed by atoms with Crippen LogP contribution in [0.4, 0.5) is 5.69 Å². The van der Waals surface area contributed by atoms with Gasteiger partial charge in [-0.1, -0.05) is 36.7 Å². The van der Waals surface area contributed by atoms with Crippen LogP contribution in [0.5, 0.6) is 5.75 Å². The third kappa shape index (κ3) is 3.35. The van der Waals surface area contributed by atoms with Gasteiger partial charge in [-0.3, -0.25) is 4.79 Å². The number of hydrogen-bond donors (Lipinski definition) is 2. The Morgan fingerprint density at radius 2 is 1.96 bits per heavy atom. The molecule has 1 amide bonds. The number of hydrogen-bond acceptors (Lipinski definition) is 5. The van der Waals surface area contributed by atoms with Gasteiger partial charge in [-0.05, 0) is 24.3 Å². The lowest BCUT2D eigenvalue weighted by Crippen LogP contribution is -2.12. The average molecular weight is 396 g/mol. The number of sulfone groups is 1. The molecule has 0 unspecified atom stereocenters. The zero-order valence-electron chi connectivity index (χ0n) is 13.1. The van der Waals surface area contributed by atoms with Gasteiger partial charge in [0.05, 0.1) is 21.4 Å². The molecule has 3 rings (SSSR count). The first-order chi connectivity index (χ1) is 11.8. The SMILES string of the molecule is CCS(=O)(=O)c1ccc(O)c(NC(=O)c2sc3ccccc3c2Cl)c1. The van der Waals surface area contributed by atoms with Crippen molar-refractivity contribution in [2.45, 2.75) is 11.8 Å². The van der Waals surface area contributed by atoms with E-state index in [1.165, 1.54) is 36.5 Å². The summed E-state index contributed by atoms with van der Waals surface area (Å²) in [5.41, 5.74) is 0.0213. The highest BCUT2D eigenvalue weighted by Crippen LogP contribution is 2.36. The number of thiophene rings is 1. The Bertz CT molecular complexity index is 1070. The number of phenols is 1. The summed E-state index contributed by atoms with van der Waals surface area (Å²) in [7, 11) is -3.45. The first-order valence-electron chi connectivity index (χ1n) is 7.37. The maximum absolute atomic E-state index is 12.5. The molecule has 0 radical (unpaired) electrons. The normalized spacial score (nSPS) is 11.6. The van der Waals surface area contributed by atoms with E-state index >= 15 is 0 Å². The molecule has 25 heavy (non-hydrogen) atoms. The maximum atomic E-state index is 12.5. The van der Waals surface area contributed by atoms with E-state index in [0.29, 0.717) is 9.90 Å². The maximum Gasteiger partial charge on any atom is 0.267 e. The molecule has 0 aliphatic carbocycles. The summed E-state index contributed by atoms with van der Waals surface area (Å²) in [5, 5.41) is 13.6. The highest BCUT2D eigenvalue weighted by Gasteiger charge is 2.20. The Morgan fingerprint density at radius 1 is 1.24 bits per heavy atom. The summed E-state index contributed by atoms with van der Waals surface area (Å²) < 4.78 is 24.8. The average Bonchev–Trinajstić information content (AvgIpc) is 2.94. The van der Waals surface area contributed by atoms with E-state index in [2.05, 4.69) is 5.32 Å². The van der Waals surface area contributed by atoms with Crippen molar-refractivity contribution in [3.63, 3.8) is 0 Å². The van der Waals surface area contributed by atoms with Gasteiger partial charge in [0.25, 0.3) is 5.91 Å². The molecule has 0 fully saturated rings. The van der Waals surface area contributed by atoms with Crippen LogP contribution >= 0.6 is 22.9 Å². The van der Waals surface area contributed by atoms with Gasteiger partial charge in [0.1, 0.15) is 10.6 Å². The number of amides is 1. The first-order valence-corrected chi connectivity index (χ1v) is 10.2. The summed E-state index contributed by atoms with van der Waals surface area (Å²) in [4.78, 5) is 12.9. The number of phenolic OH excluding ortho intramolecular Hbond substituents is 1. The van der Waals surface area contributed by atoms with E-state index in [9.17, 15) is 18.3 Å².